The number of ether oxygens (including phenoxy) is 1. The van der Waals surface area contributed by atoms with Gasteiger partial charge in [-0.2, -0.15) is 5.10 Å². The molecule has 2 atom stereocenters. The maximum atomic E-state index is 11.6. The lowest BCUT2D eigenvalue weighted by Crippen LogP contribution is -2.48. The number of rotatable bonds is 4. The SMILES string of the molecule is CC1OCCC1(O)CNC(=O)Cn1cncn1. The molecule has 0 bridgehead atoms. The van der Waals surface area contributed by atoms with E-state index in [1.807, 2.05) is 0 Å². The van der Waals surface area contributed by atoms with Crippen molar-refractivity contribution in [2.24, 2.45) is 0 Å². The summed E-state index contributed by atoms with van der Waals surface area (Å²) >= 11 is 0. The minimum absolute atomic E-state index is 0.102. The number of hydrogen-bond donors (Lipinski definition) is 2. The molecule has 2 rings (SSSR count). The van der Waals surface area contributed by atoms with Gasteiger partial charge in [0.15, 0.2) is 0 Å². The molecule has 0 aromatic carbocycles. The van der Waals surface area contributed by atoms with Crippen molar-refractivity contribution in [1.82, 2.24) is 20.1 Å². The molecule has 2 heterocycles. The maximum absolute atomic E-state index is 11.6. The van der Waals surface area contributed by atoms with Gasteiger partial charge >= 0.3 is 0 Å². The Bertz CT molecular complexity index is 381. The van der Waals surface area contributed by atoms with Crippen LogP contribution >= 0.6 is 0 Å². The Morgan fingerprint density at radius 2 is 2.59 bits per heavy atom. The first-order valence-corrected chi connectivity index (χ1v) is 5.53. The van der Waals surface area contributed by atoms with E-state index in [9.17, 15) is 9.90 Å². The Hall–Kier alpha value is -1.47. The number of carbonyl (C=O) groups excluding carboxylic acids is 1. The van der Waals surface area contributed by atoms with Crippen LogP contribution in [0.15, 0.2) is 12.7 Å². The molecule has 1 amide bonds. The van der Waals surface area contributed by atoms with Crippen LogP contribution in [0.5, 0.6) is 0 Å². The maximum Gasteiger partial charge on any atom is 0.241 e. The molecule has 0 aliphatic carbocycles. The standard InChI is InChI=1S/C10H16N4O3/c1-8-10(16,2-3-17-8)5-12-9(15)4-14-7-11-6-13-14/h6-8,16H,2-5H2,1H3,(H,12,15). The van der Waals surface area contributed by atoms with Gasteiger partial charge in [-0.15, -0.1) is 0 Å². The Kier molecular flexibility index (Phi) is 3.39. The normalized spacial score (nSPS) is 28.2. The van der Waals surface area contributed by atoms with Crippen LogP contribution in [-0.4, -0.2) is 50.6 Å². The number of nitrogens with one attached hydrogen (secondary N) is 1. The zero-order valence-electron chi connectivity index (χ0n) is 9.67. The first kappa shape index (κ1) is 12.0. The summed E-state index contributed by atoms with van der Waals surface area (Å²) in [7, 11) is 0. The fourth-order valence-corrected chi connectivity index (χ4v) is 1.77. The van der Waals surface area contributed by atoms with Gasteiger partial charge in [-0.25, -0.2) is 9.67 Å². The molecule has 0 radical (unpaired) electrons. The van der Waals surface area contributed by atoms with Crippen LogP contribution in [0.4, 0.5) is 0 Å². The van der Waals surface area contributed by atoms with Gasteiger partial charge in [0.2, 0.25) is 5.91 Å². The number of carbonyl (C=O) groups is 1. The van der Waals surface area contributed by atoms with E-state index in [2.05, 4.69) is 15.4 Å². The Balaban J connectivity index is 1.80. The summed E-state index contributed by atoms with van der Waals surface area (Å²) in [4.78, 5) is 15.3. The summed E-state index contributed by atoms with van der Waals surface area (Å²) < 4.78 is 6.70. The van der Waals surface area contributed by atoms with Gasteiger partial charge in [0.25, 0.3) is 0 Å². The van der Waals surface area contributed by atoms with Crippen LogP contribution < -0.4 is 5.32 Å². The van der Waals surface area contributed by atoms with Gasteiger partial charge in [0, 0.05) is 19.6 Å². The molecule has 1 aliphatic rings. The molecule has 1 aliphatic heterocycles. The zero-order chi connectivity index (χ0) is 12.3. The predicted molar refractivity (Wildman–Crippen MR) is 58.0 cm³/mol. The summed E-state index contributed by atoms with van der Waals surface area (Å²) in [5.74, 6) is -0.206. The molecule has 1 fully saturated rings. The highest BCUT2D eigenvalue weighted by molar-refractivity contribution is 5.75. The van der Waals surface area contributed by atoms with Crippen molar-refractivity contribution in [3.05, 3.63) is 12.7 Å². The van der Waals surface area contributed by atoms with Crippen molar-refractivity contribution >= 4 is 5.91 Å². The smallest absolute Gasteiger partial charge is 0.241 e. The summed E-state index contributed by atoms with van der Waals surface area (Å²) in [6.45, 7) is 2.63. The molecule has 7 nitrogen and oxygen atoms in total. The average molecular weight is 240 g/mol. The van der Waals surface area contributed by atoms with Crippen molar-refractivity contribution in [2.45, 2.75) is 31.6 Å². The lowest BCUT2D eigenvalue weighted by atomic mass is 9.97. The number of aliphatic hydroxyl groups is 1. The van der Waals surface area contributed by atoms with Crippen molar-refractivity contribution in [3.63, 3.8) is 0 Å². The van der Waals surface area contributed by atoms with E-state index in [1.165, 1.54) is 17.3 Å². The molecular weight excluding hydrogens is 224 g/mol. The minimum atomic E-state index is -0.960. The topological polar surface area (TPSA) is 89.3 Å². The zero-order valence-corrected chi connectivity index (χ0v) is 9.67. The first-order valence-electron chi connectivity index (χ1n) is 5.53. The number of hydrogen-bond acceptors (Lipinski definition) is 5. The summed E-state index contributed by atoms with van der Waals surface area (Å²) in [6.07, 6.45) is 3.12. The molecule has 0 saturated carbocycles. The quantitative estimate of drug-likeness (QED) is 0.700. The van der Waals surface area contributed by atoms with Gasteiger partial charge in [-0.1, -0.05) is 0 Å². The van der Waals surface area contributed by atoms with Gasteiger partial charge in [0.05, 0.1) is 6.10 Å². The van der Waals surface area contributed by atoms with E-state index in [-0.39, 0.29) is 25.1 Å². The van der Waals surface area contributed by atoms with Crippen molar-refractivity contribution in [1.29, 1.82) is 0 Å². The van der Waals surface area contributed by atoms with Gasteiger partial charge in [-0.3, -0.25) is 4.79 Å². The number of nitrogens with zero attached hydrogens (tertiary/aromatic N) is 3. The third-order valence-corrected chi connectivity index (χ3v) is 3.02. The summed E-state index contributed by atoms with van der Waals surface area (Å²) in [6, 6.07) is 0. The Morgan fingerprint density at radius 3 is 3.18 bits per heavy atom. The highest BCUT2D eigenvalue weighted by atomic mass is 16.5. The number of amides is 1. The van der Waals surface area contributed by atoms with Crippen LogP contribution in [0, 0.1) is 0 Å². The second-order valence-electron chi connectivity index (χ2n) is 4.24. The van der Waals surface area contributed by atoms with Gasteiger partial charge in [-0.05, 0) is 6.92 Å². The van der Waals surface area contributed by atoms with Crippen molar-refractivity contribution in [3.8, 4) is 0 Å². The highest BCUT2D eigenvalue weighted by Gasteiger charge is 2.39. The van der Waals surface area contributed by atoms with E-state index in [4.69, 9.17) is 4.74 Å². The third kappa shape index (κ3) is 2.80. The molecular formula is C10H16N4O3. The molecule has 7 heteroatoms. The molecule has 1 saturated heterocycles. The average Bonchev–Trinajstić information content (AvgIpc) is 2.89. The summed E-state index contributed by atoms with van der Waals surface area (Å²) in [5, 5.41) is 16.7. The molecule has 0 spiro atoms. The second kappa shape index (κ2) is 4.80. The van der Waals surface area contributed by atoms with Crippen LogP contribution in [0.3, 0.4) is 0 Å². The molecule has 2 N–H and O–H groups in total. The lowest BCUT2D eigenvalue weighted by Gasteiger charge is -2.26. The third-order valence-electron chi connectivity index (χ3n) is 3.02. The van der Waals surface area contributed by atoms with Crippen LogP contribution in [-0.2, 0) is 16.1 Å². The van der Waals surface area contributed by atoms with Crippen LogP contribution in [0.25, 0.3) is 0 Å². The molecule has 94 valence electrons. The van der Waals surface area contributed by atoms with E-state index >= 15 is 0 Å². The van der Waals surface area contributed by atoms with Crippen LogP contribution in [0.1, 0.15) is 13.3 Å². The first-order chi connectivity index (χ1) is 8.10. The Labute approximate surface area is 98.8 Å². The predicted octanol–water partition coefficient (Wildman–Crippen LogP) is -1.07. The van der Waals surface area contributed by atoms with E-state index in [0.29, 0.717) is 13.0 Å². The van der Waals surface area contributed by atoms with E-state index in [0.717, 1.165) is 0 Å². The fraction of sp³-hybridized carbons (Fsp3) is 0.700. The fourth-order valence-electron chi connectivity index (χ4n) is 1.77. The minimum Gasteiger partial charge on any atom is -0.385 e. The second-order valence-corrected chi connectivity index (χ2v) is 4.24. The lowest BCUT2D eigenvalue weighted by molar-refractivity contribution is -0.123. The molecule has 2 unspecified atom stereocenters. The van der Waals surface area contributed by atoms with E-state index < -0.39 is 5.60 Å². The monoisotopic (exact) mass is 240 g/mol. The molecule has 1 aromatic heterocycles. The van der Waals surface area contributed by atoms with Gasteiger partial charge < -0.3 is 15.2 Å². The highest BCUT2D eigenvalue weighted by Crippen LogP contribution is 2.24. The largest absolute Gasteiger partial charge is 0.385 e. The van der Waals surface area contributed by atoms with Crippen molar-refractivity contribution in [2.75, 3.05) is 13.2 Å². The van der Waals surface area contributed by atoms with Crippen LogP contribution in [0.2, 0.25) is 0 Å². The van der Waals surface area contributed by atoms with Gasteiger partial charge in [0.1, 0.15) is 24.8 Å². The number of aromatic nitrogens is 3. The van der Waals surface area contributed by atoms with E-state index in [1.54, 1.807) is 6.92 Å². The Morgan fingerprint density at radius 1 is 1.76 bits per heavy atom. The molecule has 17 heavy (non-hydrogen) atoms. The van der Waals surface area contributed by atoms with Crippen molar-refractivity contribution < 1.29 is 14.6 Å². The summed E-state index contributed by atoms with van der Waals surface area (Å²) in [5.41, 5.74) is -0.960. The molecule has 1 aromatic rings.